The van der Waals surface area contributed by atoms with E-state index in [2.05, 4.69) is 42.2 Å². The average Bonchev–Trinajstić information content (AvgIpc) is 2.69. The van der Waals surface area contributed by atoms with Crippen molar-refractivity contribution in [2.75, 3.05) is 0 Å². The highest BCUT2D eigenvalue weighted by atomic mass is 16.5. The van der Waals surface area contributed by atoms with Crippen molar-refractivity contribution in [1.82, 2.24) is 0 Å². The quantitative estimate of drug-likeness (QED) is 0.702. The van der Waals surface area contributed by atoms with E-state index in [0.717, 1.165) is 37.0 Å². The van der Waals surface area contributed by atoms with Crippen molar-refractivity contribution in [3.8, 4) is 17.6 Å². The number of carbonyl (C=O) groups is 1. The van der Waals surface area contributed by atoms with Gasteiger partial charge in [0.2, 0.25) is 0 Å². The number of rotatable bonds is 6. The highest BCUT2D eigenvalue weighted by Crippen LogP contribution is 2.34. The van der Waals surface area contributed by atoms with Gasteiger partial charge < -0.3 is 9.84 Å². The lowest BCUT2D eigenvalue weighted by Crippen LogP contribution is -2.23. The van der Waals surface area contributed by atoms with E-state index in [0.29, 0.717) is 5.92 Å². The van der Waals surface area contributed by atoms with Crippen LogP contribution in [0.3, 0.4) is 0 Å². The van der Waals surface area contributed by atoms with Crippen LogP contribution in [0.5, 0.6) is 5.75 Å². The number of benzene rings is 2. The minimum atomic E-state index is -0.835. The van der Waals surface area contributed by atoms with Crippen LogP contribution in [0.4, 0.5) is 0 Å². The fraction of sp³-hybridized carbons (Fsp3) is 0.375. The fourth-order valence-corrected chi connectivity index (χ4v) is 3.81. The normalized spacial score (nSPS) is 20.2. The summed E-state index contributed by atoms with van der Waals surface area (Å²) < 4.78 is 6.16. The summed E-state index contributed by atoms with van der Waals surface area (Å²) in [4.78, 5) is 11.0. The molecule has 1 aliphatic rings. The Labute approximate surface area is 161 Å². The molecule has 1 fully saturated rings. The molecule has 0 spiro atoms. The monoisotopic (exact) mass is 362 g/mol. The third-order valence-corrected chi connectivity index (χ3v) is 5.23. The van der Waals surface area contributed by atoms with Gasteiger partial charge in [-0.25, -0.2) is 0 Å². The Morgan fingerprint density at radius 3 is 2.33 bits per heavy atom. The van der Waals surface area contributed by atoms with Crippen LogP contribution < -0.4 is 4.74 Å². The first-order valence-electron chi connectivity index (χ1n) is 9.61. The Kier molecular flexibility index (Phi) is 6.54. The first kappa shape index (κ1) is 19.0. The Morgan fingerprint density at radius 1 is 1.07 bits per heavy atom. The van der Waals surface area contributed by atoms with Crippen LogP contribution in [0.15, 0.2) is 54.6 Å². The molecule has 1 aliphatic carbocycles. The van der Waals surface area contributed by atoms with Crippen LogP contribution in [0.25, 0.3) is 0 Å². The first-order valence-corrected chi connectivity index (χ1v) is 9.61. The van der Waals surface area contributed by atoms with E-state index < -0.39 is 5.97 Å². The summed E-state index contributed by atoms with van der Waals surface area (Å²) in [6.45, 7) is 1.73. The molecule has 0 amide bonds. The molecule has 27 heavy (non-hydrogen) atoms. The van der Waals surface area contributed by atoms with Crippen LogP contribution in [0.2, 0.25) is 0 Å². The molecule has 2 aromatic carbocycles. The maximum atomic E-state index is 11.0. The van der Waals surface area contributed by atoms with Gasteiger partial charge in [-0.3, -0.25) is 4.79 Å². The third kappa shape index (κ3) is 5.37. The number of carboxylic acid groups (broad SMARTS) is 1. The van der Waals surface area contributed by atoms with Crippen molar-refractivity contribution in [3.63, 3.8) is 0 Å². The molecule has 140 valence electrons. The molecule has 0 aliphatic heterocycles. The van der Waals surface area contributed by atoms with E-state index in [1.807, 2.05) is 24.3 Å². The molecule has 3 heteroatoms. The molecule has 1 unspecified atom stereocenters. The number of ether oxygens (including phenoxy) is 1. The van der Waals surface area contributed by atoms with Crippen LogP contribution in [0, 0.1) is 11.8 Å². The zero-order valence-electron chi connectivity index (χ0n) is 15.7. The zero-order chi connectivity index (χ0) is 19.1. The third-order valence-electron chi connectivity index (χ3n) is 5.23. The molecule has 0 aromatic heterocycles. The van der Waals surface area contributed by atoms with Crippen LogP contribution in [0.1, 0.15) is 62.0 Å². The van der Waals surface area contributed by atoms with Crippen molar-refractivity contribution in [1.29, 1.82) is 0 Å². The van der Waals surface area contributed by atoms with Crippen molar-refractivity contribution in [3.05, 3.63) is 65.7 Å². The lowest BCUT2D eigenvalue weighted by atomic mass is 9.83. The Bertz CT molecular complexity index is 791. The summed E-state index contributed by atoms with van der Waals surface area (Å²) in [6, 6.07) is 18.5. The van der Waals surface area contributed by atoms with Crippen molar-refractivity contribution in [2.24, 2.45) is 0 Å². The molecule has 3 nitrogen and oxygen atoms in total. The Balaban J connectivity index is 1.56. The Hall–Kier alpha value is -2.73. The molecule has 1 atom stereocenters. The second-order valence-corrected chi connectivity index (χ2v) is 7.12. The summed E-state index contributed by atoms with van der Waals surface area (Å²) >= 11 is 0. The second kappa shape index (κ2) is 9.28. The van der Waals surface area contributed by atoms with E-state index in [4.69, 9.17) is 9.84 Å². The maximum Gasteiger partial charge on any atom is 0.304 e. The minimum Gasteiger partial charge on any atom is -0.490 e. The molecule has 0 radical (unpaired) electrons. The van der Waals surface area contributed by atoms with Gasteiger partial charge in [-0.1, -0.05) is 48.4 Å². The highest BCUT2D eigenvalue weighted by molar-refractivity contribution is 5.69. The molecule has 1 saturated carbocycles. The van der Waals surface area contributed by atoms with Gasteiger partial charge in [0.15, 0.2) is 0 Å². The van der Waals surface area contributed by atoms with Crippen molar-refractivity contribution >= 4 is 5.97 Å². The summed E-state index contributed by atoms with van der Waals surface area (Å²) in [5.41, 5.74) is 2.36. The van der Waals surface area contributed by atoms with Crippen LogP contribution in [-0.4, -0.2) is 17.2 Å². The van der Waals surface area contributed by atoms with E-state index in [-0.39, 0.29) is 18.4 Å². The van der Waals surface area contributed by atoms with E-state index in [1.54, 1.807) is 6.92 Å². The van der Waals surface area contributed by atoms with Gasteiger partial charge in [-0.2, -0.15) is 0 Å². The molecular weight excluding hydrogens is 336 g/mol. The Morgan fingerprint density at radius 2 is 1.74 bits per heavy atom. The molecule has 1 N–H and O–H groups in total. The smallest absolute Gasteiger partial charge is 0.304 e. The predicted octanol–water partition coefficient (Wildman–Crippen LogP) is 5.37. The predicted molar refractivity (Wildman–Crippen MR) is 107 cm³/mol. The topological polar surface area (TPSA) is 46.5 Å². The number of carboxylic acids is 1. The highest BCUT2D eigenvalue weighted by Gasteiger charge is 2.23. The fourth-order valence-electron chi connectivity index (χ4n) is 3.81. The van der Waals surface area contributed by atoms with Gasteiger partial charge in [0.1, 0.15) is 5.75 Å². The van der Waals surface area contributed by atoms with E-state index in [1.165, 1.54) is 5.56 Å². The van der Waals surface area contributed by atoms with Gasteiger partial charge in [0, 0.05) is 0 Å². The lowest BCUT2D eigenvalue weighted by Gasteiger charge is -2.29. The van der Waals surface area contributed by atoms with Gasteiger partial charge in [0.25, 0.3) is 0 Å². The van der Waals surface area contributed by atoms with Crippen molar-refractivity contribution in [2.45, 2.75) is 57.0 Å². The van der Waals surface area contributed by atoms with Gasteiger partial charge in [-0.15, -0.1) is 5.92 Å². The summed E-state index contributed by atoms with van der Waals surface area (Å²) in [5.74, 6) is 6.18. The second-order valence-electron chi connectivity index (χ2n) is 7.12. The molecule has 3 rings (SSSR count). The summed E-state index contributed by atoms with van der Waals surface area (Å²) in [5, 5.41) is 9.05. The summed E-state index contributed by atoms with van der Waals surface area (Å²) in [6.07, 6.45) is 4.69. The average molecular weight is 362 g/mol. The summed E-state index contributed by atoms with van der Waals surface area (Å²) in [7, 11) is 0. The molecular formula is C24H26O3. The van der Waals surface area contributed by atoms with Gasteiger partial charge in [-0.05, 0) is 61.8 Å². The zero-order valence-corrected chi connectivity index (χ0v) is 15.7. The minimum absolute atomic E-state index is 0.0184. The standard InChI is InChI=1S/C24H26O3/c1-2-6-21(17-24(25)26)20-11-15-23(16-12-20)27-22-13-9-19(10-14-22)18-7-4-3-5-8-18/h3-5,7-8,11-12,15-16,19,21-22H,9-10,13-14,17H2,1H3,(H,25,26). The first-order chi connectivity index (χ1) is 13.2. The van der Waals surface area contributed by atoms with Crippen LogP contribution >= 0.6 is 0 Å². The number of hydrogen-bond donors (Lipinski definition) is 1. The lowest BCUT2D eigenvalue weighted by molar-refractivity contribution is -0.137. The van der Waals surface area contributed by atoms with Crippen molar-refractivity contribution < 1.29 is 14.6 Å². The number of hydrogen-bond acceptors (Lipinski definition) is 2. The molecule has 2 aromatic rings. The maximum absolute atomic E-state index is 11.0. The molecule has 0 saturated heterocycles. The molecule has 0 bridgehead atoms. The van der Waals surface area contributed by atoms with Gasteiger partial charge in [0.05, 0.1) is 18.4 Å². The SMILES string of the molecule is CC#CC(CC(=O)O)c1ccc(OC2CCC(c3ccccc3)CC2)cc1. The van der Waals surface area contributed by atoms with E-state index >= 15 is 0 Å². The van der Waals surface area contributed by atoms with Gasteiger partial charge >= 0.3 is 5.97 Å². The van der Waals surface area contributed by atoms with E-state index in [9.17, 15) is 4.79 Å². The molecule has 0 heterocycles. The largest absolute Gasteiger partial charge is 0.490 e. The van der Waals surface area contributed by atoms with Crippen LogP contribution in [-0.2, 0) is 4.79 Å². The number of aliphatic carboxylic acids is 1.